The van der Waals surface area contributed by atoms with Gasteiger partial charge in [-0.2, -0.15) is 0 Å². The molecule has 26 heavy (non-hydrogen) atoms. The van der Waals surface area contributed by atoms with Crippen molar-refractivity contribution in [1.82, 2.24) is 0 Å². The molecule has 3 nitrogen and oxygen atoms in total. The molecule has 0 unspecified atom stereocenters. The Morgan fingerprint density at radius 2 is 1.54 bits per heavy atom. The highest BCUT2D eigenvalue weighted by Gasteiger charge is 2.20. The Balaban J connectivity index is 1.48. The van der Waals surface area contributed by atoms with Gasteiger partial charge in [-0.3, -0.25) is 9.59 Å². The van der Waals surface area contributed by atoms with E-state index in [0.717, 1.165) is 24.1 Å². The lowest BCUT2D eigenvalue weighted by Crippen LogP contribution is -2.14. The highest BCUT2D eigenvalue weighted by molar-refractivity contribution is 7.12. The minimum absolute atomic E-state index is 0.0178. The first-order chi connectivity index (χ1) is 12.7. The molecule has 2 aromatic carbocycles. The Hall–Kier alpha value is -2.72. The van der Waals surface area contributed by atoms with E-state index < -0.39 is 0 Å². The average molecular weight is 361 g/mol. The van der Waals surface area contributed by atoms with E-state index in [2.05, 4.69) is 10.7 Å². The molecular formula is C22H19NO2S. The lowest BCUT2D eigenvalue weighted by atomic mass is 9.94. The third-order valence-corrected chi connectivity index (χ3v) is 5.82. The fourth-order valence-electron chi connectivity index (χ4n) is 3.36. The Morgan fingerprint density at radius 3 is 2.31 bits per heavy atom. The number of thiophene rings is 1. The van der Waals surface area contributed by atoms with E-state index in [1.54, 1.807) is 36.4 Å². The zero-order chi connectivity index (χ0) is 17.9. The fraction of sp³-hybridized carbons (Fsp3) is 0.182. The number of hydrogen-bond acceptors (Lipinski definition) is 3. The molecule has 4 heteroatoms. The van der Waals surface area contributed by atoms with Crippen LogP contribution in [-0.4, -0.2) is 11.7 Å². The summed E-state index contributed by atoms with van der Waals surface area (Å²) in [6.45, 7) is 0. The van der Waals surface area contributed by atoms with Gasteiger partial charge in [-0.25, -0.2) is 0 Å². The molecule has 0 saturated heterocycles. The molecule has 1 aliphatic rings. The zero-order valence-corrected chi connectivity index (χ0v) is 15.1. The number of hydrogen-bond donors (Lipinski definition) is 1. The summed E-state index contributed by atoms with van der Waals surface area (Å²) in [6.07, 6.45) is 4.43. The molecule has 1 aromatic heterocycles. The van der Waals surface area contributed by atoms with E-state index in [0.29, 0.717) is 16.8 Å². The second-order valence-corrected chi connectivity index (χ2v) is 7.38. The minimum Gasteiger partial charge on any atom is -0.321 e. The van der Waals surface area contributed by atoms with Crippen LogP contribution >= 0.6 is 11.3 Å². The summed E-state index contributed by atoms with van der Waals surface area (Å²) in [6, 6.07) is 16.3. The van der Waals surface area contributed by atoms with Crippen molar-refractivity contribution in [2.75, 3.05) is 5.32 Å². The molecule has 0 radical (unpaired) electrons. The average Bonchev–Trinajstić information content (AvgIpc) is 3.13. The van der Waals surface area contributed by atoms with Crippen LogP contribution in [0, 0.1) is 0 Å². The quantitative estimate of drug-likeness (QED) is 0.656. The number of amides is 1. The first kappa shape index (κ1) is 16.7. The van der Waals surface area contributed by atoms with Crippen molar-refractivity contribution in [2.45, 2.75) is 25.7 Å². The van der Waals surface area contributed by atoms with E-state index in [1.165, 1.54) is 28.9 Å². The van der Waals surface area contributed by atoms with Gasteiger partial charge in [0.1, 0.15) is 0 Å². The maximum absolute atomic E-state index is 12.6. The summed E-state index contributed by atoms with van der Waals surface area (Å²) in [5.41, 5.74) is 4.53. The smallest absolute Gasteiger partial charge is 0.266 e. The van der Waals surface area contributed by atoms with Gasteiger partial charge in [0, 0.05) is 16.8 Å². The number of rotatable bonds is 4. The molecular weight excluding hydrogens is 342 g/mol. The monoisotopic (exact) mass is 361 g/mol. The molecule has 0 atom stereocenters. The van der Waals surface area contributed by atoms with E-state index in [4.69, 9.17) is 0 Å². The number of fused-ring (bicyclic) bond motifs is 1. The van der Waals surface area contributed by atoms with Gasteiger partial charge in [0.15, 0.2) is 5.78 Å². The number of benzene rings is 2. The van der Waals surface area contributed by atoms with Crippen LogP contribution in [0.2, 0.25) is 0 Å². The lowest BCUT2D eigenvalue weighted by Gasteiger charge is -2.13. The number of carbonyl (C=O) groups excluding carboxylic acids is 2. The van der Waals surface area contributed by atoms with Crippen molar-refractivity contribution in [3.05, 3.63) is 87.1 Å². The van der Waals surface area contributed by atoms with Gasteiger partial charge >= 0.3 is 0 Å². The van der Waals surface area contributed by atoms with Crippen LogP contribution in [0.4, 0.5) is 5.69 Å². The van der Waals surface area contributed by atoms with Crippen LogP contribution in [0.5, 0.6) is 0 Å². The van der Waals surface area contributed by atoms with Crippen molar-refractivity contribution < 1.29 is 9.59 Å². The second kappa shape index (κ2) is 7.26. The lowest BCUT2D eigenvalue weighted by molar-refractivity contribution is 0.102. The topological polar surface area (TPSA) is 46.2 Å². The van der Waals surface area contributed by atoms with Crippen molar-refractivity contribution >= 4 is 28.7 Å². The van der Waals surface area contributed by atoms with E-state index in [-0.39, 0.29) is 11.7 Å². The molecule has 3 aromatic rings. The predicted octanol–water partition coefficient (Wildman–Crippen LogP) is 5.11. The molecule has 1 N–H and O–H groups in total. The Bertz CT molecular complexity index is 942. The van der Waals surface area contributed by atoms with Crippen LogP contribution in [0.25, 0.3) is 0 Å². The van der Waals surface area contributed by atoms with Gasteiger partial charge in [0.05, 0.1) is 4.88 Å². The number of nitrogens with one attached hydrogen (secondary N) is 1. The molecule has 0 aliphatic heterocycles. The van der Waals surface area contributed by atoms with Gasteiger partial charge in [-0.15, -0.1) is 11.3 Å². The number of ketones is 1. The summed E-state index contributed by atoms with van der Waals surface area (Å²) < 4.78 is 0. The van der Waals surface area contributed by atoms with Gasteiger partial charge in [0.2, 0.25) is 0 Å². The Labute approximate surface area is 156 Å². The van der Waals surface area contributed by atoms with Gasteiger partial charge in [-0.1, -0.05) is 30.3 Å². The maximum atomic E-state index is 12.6. The highest BCUT2D eigenvalue weighted by Crippen LogP contribution is 2.30. The summed E-state index contributed by atoms with van der Waals surface area (Å²) in [5, 5.41) is 5.08. The number of carbonyl (C=O) groups is 2. The van der Waals surface area contributed by atoms with Crippen molar-refractivity contribution in [1.29, 1.82) is 0 Å². The van der Waals surface area contributed by atoms with Crippen molar-refractivity contribution in [3.63, 3.8) is 0 Å². The van der Waals surface area contributed by atoms with Crippen molar-refractivity contribution in [2.24, 2.45) is 0 Å². The predicted molar refractivity (Wildman–Crippen MR) is 105 cm³/mol. The normalized spacial score (nSPS) is 13.1. The molecule has 0 saturated carbocycles. The van der Waals surface area contributed by atoms with Gasteiger partial charge < -0.3 is 5.32 Å². The molecule has 0 bridgehead atoms. The first-order valence-electron chi connectivity index (χ1n) is 8.83. The fourth-order valence-corrected chi connectivity index (χ4v) is 4.41. The third kappa shape index (κ3) is 3.33. The summed E-state index contributed by atoms with van der Waals surface area (Å²) in [7, 11) is 0. The van der Waals surface area contributed by atoms with E-state index in [1.807, 2.05) is 18.2 Å². The molecule has 4 rings (SSSR count). The number of aryl methyl sites for hydroxylation is 1. The Morgan fingerprint density at radius 1 is 0.846 bits per heavy atom. The third-order valence-electron chi connectivity index (χ3n) is 4.75. The molecule has 1 heterocycles. The van der Waals surface area contributed by atoms with Crippen LogP contribution in [0.1, 0.15) is 49.6 Å². The van der Waals surface area contributed by atoms with Crippen LogP contribution in [0.3, 0.4) is 0 Å². The largest absolute Gasteiger partial charge is 0.321 e. The summed E-state index contributed by atoms with van der Waals surface area (Å²) >= 11 is 1.53. The molecule has 1 amide bonds. The Kier molecular flexibility index (Phi) is 4.67. The molecule has 0 fully saturated rings. The van der Waals surface area contributed by atoms with Gasteiger partial charge in [0.25, 0.3) is 5.91 Å². The molecule has 0 spiro atoms. The van der Waals surface area contributed by atoms with Crippen LogP contribution in [0.15, 0.2) is 60.0 Å². The maximum Gasteiger partial charge on any atom is 0.266 e. The van der Waals surface area contributed by atoms with Gasteiger partial charge in [-0.05, 0) is 66.5 Å². The SMILES string of the molecule is O=C(c1ccccc1)c1ccc(NC(=O)c2scc3c2CCCC3)cc1. The van der Waals surface area contributed by atoms with E-state index >= 15 is 0 Å². The summed E-state index contributed by atoms with van der Waals surface area (Å²) in [4.78, 5) is 25.9. The van der Waals surface area contributed by atoms with E-state index in [9.17, 15) is 9.59 Å². The molecule has 130 valence electrons. The van der Waals surface area contributed by atoms with Crippen molar-refractivity contribution in [3.8, 4) is 0 Å². The second-order valence-electron chi connectivity index (χ2n) is 6.50. The standard InChI is InChI=1S/C22H19NO2S/c24-20(15-6-2-1-3-7-15)16-10-12-18(13-11-16)23-22(25)21-19-9-5-4-8-17(19)14-26-21/h1-3,6-7,10-14H,4-5,8-9H2,(H,23,25). The summed E-state index contributed by atoms with van der Waals surface area (Å²) in [5.74, 6) is -0.0731. The minimum atomic E-state index is -0.0553. The first-order valence-corrected chi connectivity index (χ1v) is 9.71. The van der Waals surface area contributed by atoms with Crippen LogP contribution in [-0.2, 0) is 12.8 Å². The highest BCUT2D eigenvalue weighted by atomic mass is 32.1. The van der Waals surface area contributed by atoms with Crippen LogP contribution < -0.4 is 5.32 Å². The molecule has 1 aliphatic carbocycles. The number of anilines is 1. The zero-order valence-electron chi connectivity index (χ0n) is 14.3.